The molecule has 3 aliphatic carbocycles. The molecule has 1 fully saturated rings. The first-order valence-corrected chi connectivity index (χ1v) is 15.5. The molecule has 0 radical (unpaired) electrons. The monoisotopic (exact) mass is 628 g/mol. The van der Waals surface area contributed by atoms with Gasteiger partial charge in [-0.1, -0.05) is 58.0 Å². The van der Waals surface area contributed by atoms with Gasteiger partial charge >= 0.3 is 0 Å². The van der Waals surface area contributed by atoms with Gasteiger partial charge < -0.3 is 25.2 Å². The van der Waals surface area contributed by atoms with Crippen molar-refractivity contribution < 1.29 is 44.4 Å². The van der Waals surface area contributed by atoms with E-state index in [-0.39, 0.29) is 60.6 Å². The molecule has 9 nitrogen and oxygen atoms in total. The molecule has 2 aromatic rings. The predicted molar refractivity (Wildman–Crippen MR) is 170 cm³/mol. The molecule has 0 saturated heterocycles. The molecule has 0 aromatic heterocycles. The van der Waals surface area contributed by atoms with E-state index in [0.29, 0.717) is 11.1 Å². The number of rotatable bonds is 8. The summed E-state index contributed by atoms with van der Waals surface area (Å²) >= 11 is 0. The number of ketones is 5. The van der Waals surface area contributed by atoms with Crippen LogP contribution in [0.25, 0.3) is 16.9 Å². The van der Waals surface area contributed by atoms with Crippen LogP contribution in [0.15, 0.2) is 53.3 Å². The topological polar surface area (TPSA) is 166 Å². The maximum atomic E-state index is 14.5. The van der Waals surface area contributed by atoms with Gasteiger partial charge in [0.15, 0.2) is 17.2 Å². The molecular formula is C37H40O9. The van der Waals surface area contributed by atoms with Crippen molar-refractivity contribution in [2.75, 3.05) is 0 Å². The summed E-state index contributed by atoms with van der Waals surface area (Å²) in [6, 6.07) is 10.4. The van der Waals surface area contributed by atoms with Crippen molar-refractivity contribution in [3.63, 3.8) is 0 Å². The number of benzene rings is 2. The largest absolute Gasteiger partial charge is 0.508 e. The van der Waals surface area contributed by atoms with Crippen LogP contribution >= 0.6 is 0 Å². The molecule has 1 saturated carbocycles. The number of fused-ring (bicyclic) bond motifs is 3. The quantitative estimate of drug-likeness (QED) is 0.282. The highest BCUT2D eigenvalue weighted by Gasteiger charge is 2.72. The molecule has 1 unspecified atom stereocenters. The average molecular weight is 629 g/mol. The van der Waals surface area contributed by atoms with E-state index in [1.807, 2.05) is 12.1 Å². The van der Waals surface area contributed by atoms with Crippen molar-refractivity contribution in [1.82, 2.24) is 0 Å². The van der Waals surface area contributed by atoms with Crippen molar-refractivity contribution in [2.45, 2.75) is 79.2 Å². The van der Waals surface area contributed by atoms with Crippen LogP contribution in [0.5, 0.6) is 5.75 Å². The van der Waals surface area contributed by atoms with Crippen LogP contribution in [-0.4, -0.2) is 54.9 Å². The second-order valence-corrected chi connectivity index (χ2v) is 14.1. The average Bonchev–Trinajstić information content (AvgIpc) is 2.94. The third kappa shape index (κ3) is 4.75. The maximum absolute atomic E-state index is 14.5. The number of phenolic OH excluding ortho intramolecular Hbond substituents is 1. The molecule has 46 heavy (non-hydrogen) atoms. The SMILES string of the molecule is CC(=O)CCC(=O)Cc1ccc(-c2ccc(O)c3c2C[C@]2(C)C[C@]4(C)C(C(C)C)C(=O)C(C(C)=O)=C(O)[C@]4(O)C(=O)C2=C3O)cc1. The molecule has 0 aliphatic heterocycles. The molecule has 4 N–H and O–H groups in total. The van der Waals surface area contributed by atoms with Crippen molar-refractivity contribution >= 4 is 34.7 Å². The lowest BCUT2D eigenvalue weighted by molar-refractivity contribution is -0.178. The summed E-state index contributed by atoms with van der Waals surface area (Å²) in [6.07, 6.45) is 0.707. The Balaban J connectivity index is 1.64. The van der Waals surface area contributed by atoms with Crippen LogP contribution in [0.3, 0.4) is 0 Å². The van der Waals surface area contributed by atoms with Gasteiger partial charge in [0.1, 0.15) is 34.4 Å². The molecule has 242 valence electrons. The summed E-state index contributed by atoms with van der Waals surface area (Å²) in [5.74, 6) is -5.73. The van der Waals surface area contributed by atoms with E-state index in [0.717, 1.165) is 18.1 Å². The molecule has 0 bridgehead atoms. The van der Waals surface area contributed by atoms with Crippen LogP contribution in [0.4, 0.5) is 0 Å². The number of Topliss-reactive ketones (excluding diaryl/α,β-unsaturated/α-hetero) is 5. The molecule has 4 atom stereocenters. The third-order valence-corrected chi connectivity index (χ3v) is 10.3. The minimum Gasteiger partial charge on any atom is -0.508 e. The molecule has 2 aromatic carbocycles. The highest BCUT2D eigenvalue weighted by atomic mass is 16.3. The standard InChI is InChI=1S/C37H40O9/c1-18(2)29-31(42)27(20(4)39)33(44)37(46)34(45)30-32(43)28-25(16-35(30,5)17-36(29,37)6)24(13-14-26(28)41)22-10-8-21(9-11-22)15-23(40)12-7-19(3)38/h8-11,13-14,18,29,41,43-44,46H,7,12,15-17H2,1-6H3/t29?,35-,36-,37+/m1/s1. The van der Waals surface area contributed by atoms with Crippen LogP contribution in [0, 0.1) is 22.7 Å². The highest BCUT2D eigenvalue weighted by Crippen LogP contribution is 2.65. The zero-order valence-electron chi connectivity index (χ0n) is 27.0. The first kappa shape index (κ1) is 33.0. The maximum Gasteiger partial charge on any atom is 0.203 e. The molecule has 3 aliphatic rings. The fraction of sp³-hybridized carbons (Fsp3) is 0.432. The number of aliphatic hydroxyl groups is 3. The predicted octanol–water partition coefficient (Wildman–Crippen LogP) is 5.34. The lowest BCUT2D eigenvalue weighted by Crippen LogP contribution is -2.69. The molecular weight excluding hydrogens is 588 g/mol. The van der Waals surface area contributed by atoms with Crippen LogP contribution in [0.2, 0.25) is 0 Å². The van der Waals surface area contributed by atoms with E-state index in [9.17, 15) is 44.4 Å². The van der Waals surface area contributed by atoms with Gasteiger partial charge in [0.25, 0.3) is 0 Å². The van der Waals surface area contributed by atoms with Crippen LogP contribution < -0.4 is 0 Å². The van der Waals surface area contributed by atoms with Crippen molar-refractivity contribution in [1.29, 1.82) is 0 Å². The fourth-order valence-corrected chi connectivity index (χ4v) is 8.42. The lowest BCUT2D eigenvalue weighted by Gasteiger charge is -2.59. The fourth-order valence-electron chi connectivity index (χ4n) is 8.42. The number of aliphatic hydroxyl groups excluding tert-OH is 2. The number of allylic oxidation sites excluding steroid dienone is 1. The van der Waals surface area contributed by atoms with Gasteiger partial charge in [-0.2, -0.15) is 0 Å². The van der Waals surface area contributed by atoms with Crippen molar-refractivity contribution in [2.24, 2.45) is 22.7 Å². The smallest absolute Gasteiger partial charge is 0.203 e. The van der Waals surface area contributed by atoms with E-state index in [2.05, 4.69) is 0 Å². The van der Waals surface area contributed by atoms with Gasteiger partial charge in [-0.05, 0) is 60.9 Å². The number of hydrogen-bond donors (Lipinski definition) is 4. The second kappa shape index (κ2) is 11.2. The zero-order chi connectivity index (χ0) is 34.1. The second-order valence-electron chi connectivity index (χ2n) is 14.1. The van der Waals surface area contributed by atoms with E-state index in [1.165, 1.54) is 13.0 Å². The summed E-state index contributed by atoms with van der Waals surface area (Å²) in [5.41, 5.74) is -3.37. The van der Waals surface area contributed by atoms with Gasteiger partial charge in [-0.25, -0.2) is 0 Å². The van der Waals surface area contributed by atoms with E-state index < -0.39 is 62.7 Å². The zero-order valence-corrected chi connectivity index (χ0v) is 27.0. The summed E-state index contributed by atoms with van der Waals surface area (Å²) in [5, 5.41) is 46.2. The van der Waals surface area contributed by atoms with Crippen LogP contribution in [-0.2, 0) is 36.8 Å². The van der Waals surface area contributed by atoms with Gasteiger partial charge in [-0.3, -0.25) is 19.2 Å². The Bertz CT molecular complexity index is 1780. The number of hydrogen-bond acceptors (Lipinski definition) is 9. The highest BCUT2D eigenvalue weighted by molar-refractivity contribution is 6.24. The van der Waals surface area contributed by atoms with Gasteiger partial charge in [0.2, 0.25) is 5.78 Å². The van der Waals surface area contributed by atoms with Crippen molar-refractivity contribution in [3.8, 4) is 16.9 Å². The minimum atomic E-state index is -2.66. The first-order chi connectivity index (χ1) is 21.4. The number of phenols is 1. The number of carbonyl (C=O) groups excluding carboxylic acids is 5. The third-order valence-electron chi connectivity index (χ3n) is 10.3. The molecule has 0 spiro atoms. The normalized spacial score (nSPS) is 27.3. The minimum absolute atomic E-state index is 0.00130. The van der Waals surface area contributed by atoms with Gasteiger partial charge in [0, 0.05) is 41.6 Å². The summed E-state index contributed by atoms with van der Waals surface area (Å²) in [6.45, 7) is 9.40. The molecule has 5 rings (SSSR count). The summed E-state index contributed by atoms with van der Waals surface area (Å²) in [4.78, 5) is 64.3. The van der Waals surface area contributed by atoms with E-state index in [4.69, 9.17) is 0 Å². The Kier molecular flexibility index (Phi) is 8.00. The van der Waals surface area contributed by atoms with E-state index >= 15 is 0 Å². The summed E-state index contributed by atoms with van der Waals surface area (Å²) < 4.78 is 0. The van der Waals surface area contributed by atoms with E-state index in [1.54, 1.807) is 45.9 Å². The molecule has 0 amide bonds. The Labute approximate surface area is 267 Å². The Morgan fingerprint density at radius 2 is 1.57 bits per heavy atom. The number of carbonyl (C=O) groups is 5. The molecule has 0 heterocycles. The summed E-state index contributed by atoms with van der Waals surface area (Å²) in [7, 11) is 0. The van der Waals surface area contributed by atoms with Gasteiger partial charge in [-0.15, -0.1) is 0 Å². The number of aromatic hydroxyl groups is 1. The molecule has 9 heteroatoms. The Morgan fingerprint density at radius 3 is 2.13 bits per heavy atom. The first-order valence-electron chi connectivity index (χ1n) is 15.5. The Hall–Kier alpha value is -4.37. The van der Waals surface area contributed by atoms with Crippen molar-refractivity contribution in [3.05, 3.63) is 70.0 Å². The lowest BCUT2D eigenvalue weighted by atomic mass is 9.43. The van der Waals surface area contributed by atoms with Gasteiger partial charge in [0.05, 0.1) is 5.56 Å². The Morgan fingerprint density at radius 1 is 0.935 bits per heavy atom. The van der Waals surface area contributed by atoms with Crippen LogP contribution in [0.1, 0.15) is 77.5 Å².